The molecular weight excluding hydrogens is 274 g/mol. The molecule has 1 unspecified atom stereocenters. The molecule has 6 heteroatoms. The second kappa shape index (κ2) is 4.61. The van der Waals surface area contributed by atoms with E-state index in [1.54, 1.807) is 12.1 Å². The number of aromatic nitrogens is 3. The number of alkyl halides is 1. The van der Waals surface area contributed by atoms with Crippen LogP contribution in [0.2, 0.25) is 0 Å². The van der Waals surface area contributed by atoms with E-state index < -0.39 is 0 Å². The first-order chi connectivity index (χ1) is 7.70. The molecule has 0 aliphatic heterocycles. The molecule has 0 aliphatic rings. The van der Waals surface area contributed by atoms with E-state index in [1.165, 1.54) is 6.07 Å². The maximum Gasteiger partial charge on any atom is 0.264 e. The minimum Gasteiger partial charge on any atom is -0.418 e. The van der Waals surface area contributed by atoms with E-state index in [9.17, 15) is 4.79 Å². The summed E-state index contributed by atoms with van der Waals surface area (Å²) in [5.41, 5.74) is 0.338. The van der Waals surface area contributed by atoms with Crippen LogP contribution in [0.3, 0.4) is 0 Å². The van der Waals surface area contributed by atoms with Crippen molar-refractivity contribution in [2.24, 2.45) is 0 Å². The minimum atomic E-state index is -0.192. The number of halogens is 1. The van der Waals surface area contributed by atoms with Gasteiger partial charge in [0.2, 0.25) is 11.4 Å². The van der Waals surface area contributed by atoms with Crippen LogP contribution in [0.25, 0.3) is 11.6 Å². The highest BCUT2D eigenvalue weighted by molar-refractivity contribution is 9.09. The van der Waals surface area contributed by atoms with E-state index in [0.29, 0.717) is 17.5 Å². The van der Waals surface area contributed by atoms with E-state index in [4.69, 9.17) is 4.42 Å². The Morgan fingerprint density at radius 2 is 2.31 bits per heavy atom. The molecule has 0 aromatic carbocycles. The lowest BCUT2D eigenvalue weighted by molar-refractivity contribution is 0.499. The van der Waals surface area contributed by atoms with Crippen LogP contribution < -0.4 is 5.56 Å². The first-order valence-corrected chi connectivity index (χ1v) is 5.79. The Labute approximate surface area is 100 Å². The molecule has 2 aromatic rings. The van der Waals surface area contributed by atoms with Crippen molar-refractivity contribution in [3.8, 4) is 11.6 Å². The molecule has 2 rings (SSSR count). The van der Waals surface area contributed by atoms with Gasteiger partial charge >= 0.3 is 0 Å². The molecular formula is C10H10BrN3O2. The molecule has 0 aliphatic carbocycles. The van der Waals surface area contributed by atoms with Gasteiger partial charge in [0.1, 0.15) is 5.69 Å². The Morgan fingerprint density at radius 1 is 1.50 bits per heavy atom. The van der Waals surface area contributed by atoms with Crippen LogP contribution in [0.4, 0.5) is 0 Å². The van der Waals surface area contributed by atoms with Gasteiger partial charge in [-0.15, -0.1) is 10.2 Å². The first kappa shape index (κ1) is 11.1. The molecule has 0 amide bonds. The highest BCUT2D eigenvalue weighted by Gasteiger charge is 2.14. The molecule has 0 saturated heterocycles. The summed E-state index contributed by atoms with van der Waals surface area (Å²) in [4.78, 5) is 13.8. The zero-order valence-corrected chi connectivity index (χ0v) is 10.2. The summed E-state index contributed by atoms with van der Waals surface area (Å²) in [5, 5.41) is 7.79. The third-order valence-electron chi connectivity index (χ3n) is 2.07. The Bertz CT molecular complexity index is 535. The molecule has 1 atom stereocenters. The summed E-state index contributed by atoms with van der Waals surface area (Å²) in [6, 6.07) is 4.79. The molecule has 2 heterocycles. The topological polar surface area (TPSA) is 71.8 Å². The van der Waals surface area contributed by atoms with Gasteiger partial charge in [-0.3, -0.25) is 4.79 Å². The van der Waals surface area contributed by atoms with Crippen LogP contribution in [-0.4, -0.2) is 15.2 Å². The number of aromatic amines is 1. The van der Waals surface area contributed by atoms with Gasteiger partial charge in [-0.05, 0) is 12.5 Å². The van der Waals surface area contributed by atoms with Gasteiger partial charge in [0.05, 0.1) is 4.83 Å². The molecule has 84 valence electrons. The molecule has 0 saturated carbocycles. The molecule has 0 radical (unpaired) electrons. The Hall–Kier alpha value is -1.43. The Morgan fingerprint density at radius 3 is 3.00 bits per heavy atom. The number of hydrogen-bond acceptors (Lipinski definition) is 4. The van der Waals surface area contributed by atoms with E-state index >= 15 is 0 Å². The van der Waals surface area contributed by atoms with E-state index in [0.717, 1.165) is 6.42 Å². The summed E-state index contributed by atoms with van der Waals surface area (Å²) in [7, 11) is 0. The Kier molecular flexibility index (Phi) is 3.19. The van der Waals surface area contributed by atoms with Crippen LogP contribution in [0, 0.1) is 0 Å². The summed E-state index contributed by atoms with van der Waals surface area (Å²) in [6.07, 6.45) is 0.854. The van der Waals surface area contributed by atoms with Crippen molar-refractivity contribution < 1.29 is 4.42 Å². The number of hydrogen-bond donors (Lipinski definition) is 1. The standard InChI is InChI=1S/C10H10BrN3O2/c1-2-6(11)9-13-14-10(16-9)7-4-3-5-8(15)12-7/h3-6H,2H2,1H3,(H,12,15). The molecule has 0 fully saturated rings. The summed E-state index contributed by atoms with van der Waals surface area (Å²) >= 11 is 3.42. The SMILES string of the molecule is CCC(Br)c1nnc(-c2cccc(=O)[nH]2)o1. The Balaban J connectivity index is 2.35. The maximum atomic E-state index is 11.1. The van der Waals surface area contributed by atoms with E-state index in [1.807, 2.05) is 6.92 Å². The lowest BCUT2D eigenvalue weighted by Crippen LogP contribution is -2.03. The fourth-order valence-electron chi connectivity index (χ4n) is 1.22. The van der Waals surface area contributed by atoms with Crippen LogP contribution in [0.15, 0.2) is 27.4 Å². The number of nitrogens with zero attached hydrogens (tertiary/aromatic N) is 2. The van der Waals surface area contributed by atoms with Crippen LogP contribution in [0.5, 0.6) is 0 Å². The fraction of sp³-hybridized carbons (Fsp3) is 0.300. The lowest BCUT2D eigenvalue weighted by atomic mass is 10.3. The minimum absolute atomic E-state index is 0.0455. The summed E-state index contributed by atoms with van der Waals surface area (Å²) < 4.78 is 5.44. The van der Waals surface area contributed by atoms with Crippen molar-refractivity contribution in [3.05, 3.63) is 34.4 Å². The predicted octanol–water partition coefficient (Wildman–Crippen LogP) is 2.27. The second-order valence-electron chi connectivity index (χ2n) is 3.25. The second-order valence-corrected chi connectivity index (χ2v) is 4.36. The summed E-state index contributed by atoms with van der Waals surface area (Å²) in [5.74, 6) is 0.841. The number of pyridine rings is 1. The van der Waals surface area contributed by atoms with Crippen molar-refractivity contribution in [2.75, 3.05) is 0 Å². The van der Waals surface area contributed by atoms with Gasteiger partial charge in [-0.25, -0.2) is 0 Å². The first-order valence-electron chi connectivity index (χ1n) is 4.88. The average molecular weight is 284 g/mol. The average Bonchev–Trinajstić information content (AvgIpc) is 2.77. The van der Waals surface area contributed by atoms with Crippen LogP contribution in [0.1, 0.15) is 24.1 Å². The highest BCUT2D eigenvalue weighted by Crippen LogP contribution is 2.26. The number of rotatable bonds is 3. The van der Waals surface area contributed by atoms with Crippen molar-refractivity contribution >= 4 is 15.9 Å². The molecule has 16 heavy (non-hydrogen) atoms. The molecule has 0 bridgehead atoms. The quantitative estimate of drug-likeness (QED) is 0.877. The van der Waals surface area contributed by atoms with Crippen molar-refractivity contribution in [1.82, 2.24) is 15.2 Å². The zero-order chi connectivity index (χ0) is 11.5. The normalized spacial score (nSPS) is 12.6. The van der Waals surface area contributed by atoms with Gasteiger partial charge in [0.25, 0.3) is 5.89 Å². The smallest absolute Gasteiger partial charge is 0.264 e. The molecule has 5 nitrogen and oxygen atoms in total. The van der Waals surface area contributed by atoms with Crippen molar-refractivity contribution in [2.45, 2.75) is 18.2 Å². The van der Waals surface area contributed by atoms with Gasteiger partial charge < -0.3 is 9.40 Å². The lowest BCUT2D eigenvalue weighted by Gasteiger charge is -1.97. The van der Waals surface area contributed by atoms with Gasteiger partial charge in [-0.2, -0.15) is 0 Å². The van der Waals surface area contributed by atoms with Crippen molar-refractivity contribution in [1.29, 1.82) is 0 Å². The third kappa shape index (κ3) is 2.21. The van der Waals surface area contributed by atoms with Crippen LogP contribution >= 0.6 is 15.9 Å². The molecule has 0 spiro atoms. The van der Waals surface area contributed by atoms with E-state index in [-0.39, 0.29) is 10.4 Å². The number of nitrogens with one attached hydrogen (secondary N) is 1. The van der Waals surface area contributed by atoms with Crippen molar-refractivity contribution in [3.63, 3.8) is 0 Å². The fourth-order valence-corrected chi connectivity index (χ4v) is 1.40. The van der Waals surface area contributed by atoms with Crippen LogP contribution in [-0.2, 0) is 0 Å². The summed E-state index contributed by atoms with van der Waals surface area (Å²) in [6.45, 7) is 2.01. The third-order valence-corrected chi connectivity index (χ3v) is 3.10. The highest BCUT2D eigenvalue weighted by atomic mass is 79.9. The maximum absolute atomic E-state index is 11.1. The molecule has 2 aromatic heterocycles. The largest absolute Gasteiger partial charge is 0.418 e. The number of H-pyrrole nitrogens is 1. The van der Waals surface area contributed by atoms with Gasteiger partial charge in [0.15, 0.2) is 0 Å². The monoisotopic (exact) mass is 283 g/mol. The molecule has 1 N–H and O–H groups in total. The van der Waals surface area contributed by atoms with Gasteiger partial charge in [0, 0.05) is 6.07 Å². The van der Waals surface area contributed by atoms with E-state index in [2.05, 4.69) is 31.1 Å². The predicted molar refractivity (Wildman–Crippen MR) is 62.3 cm³/mol. The zero-order valence-electron chi connectivity index (χ0n) is 8.61. The van der Waals surface area contributed by atoms with Gasteiger partial charge in [-0.1, -0.05) is 28.9 Å².